The van der Waals surface area contributed by atoms with Gasteiger partial charge >= 0.3 is 0 Å². The van der Waals surface area contributed by atoms with Crippen molar-refractivity contribution in [2.24, 2.45) is 0 Å². The maximum absolute atomic E-state index is 12.0. The standard InChI is InChI=1S/C17H14ClNO/c18-13-5-3-4-12(10-13)8-9-14-11-17(20)15-6-1-2-7-16(15)19-14/h1-7,10-11H,8-9H2,(H,19,20). The molecule has 2 aromatic carbocycles. The minimum absolute atomic E-state index is 0.0699. The lowest BCUT2D eigenvalue weighted by Gasteiger charge is -2.05. The lowest BCUT2D eigenvalue weighted by Crippen LogP contribution is -2.06. The van der Waals surface area contributed by atoms with Gasteiger partial charge in [-0.3, -0.25) is 4.79 Å². The molecule has 0 amide bonds. The van der Waals surface area contributed by atoms with Gasteiger partial charge in [0, 0.05) is 27.7 Å². The topological polar surface area (TPSA) is 32.9 Å². The number of para-hydroxylation sites is 1. The SMILES string of the molecule is O=c1cc(CCc2cccc(Cl)c2)[nH]c2ccccc12. The van der Waals surface area contributed by atoms with E-state index in [1.165, 1.54) is 5.56 Å². The Morgan fingerprint density at radius 3 is 2.65 bits per heavy atom. The highest BCUT2D eigenvalue weighted by Gasteiger charge is 2.02. The highest BCUT2D eigenvalue weighted by atomic mass is 35.5. The van der Waals surface area contributed by atoms with Crippen LogP contribution in [0.5, 0.6) is 0 Å². The second kappa shape index (κ2) is 5.51. The summed E-state index contributed by atoms with van der Waals surface area (Å²) in [4.78, 5) is 15.3. The molecule has 3 aromatic rings. The van der Waals surface area contributed by atoms with Crippen LogP contribution in [0, 0.1) is 0 Å². The van der Waals surface area contributed by atoms with Gasteiger partial charge in [-0.15, -0.1) is 0 Å². The quantitative estimate of drug-likeness (QED) is 0.775. The minimum Gasteiger partial charge on any atom is -0.358 e. The van der Waals surface area contributed by atoms with Crippen molar-refractivity contribution in [3.8, 4) is 0 Å². The summed E-state index contributed by atoms with van der Waals surface area (Å²) in [6, 6.07) is 17.1. The molecule has 0 saturated carbocycles. The first-order valence-electron chi connectivity index (χ1n) is 6.58. The molecule has 0 unspecified atom stereocenters. The number of benzene rings is 2. The smallest absolute Gasteiger partial charge is 0.189 e. The molecule has 0 atom stereocenters. The van der Waals surface area contributed by atoms with Crippen molar-refractivity contribution in [3.63, 3.8) is 0 Å². The molecule has 20 heavy (non-hydrogen) atoms. The Hall–Kier alpha value is -2.06. The summed E-state index contributed by atoms with van der Waals surface area (Å²) in [7, 11) is 0. The molecule has 1 N–H and O–H groups in total. The molecule has 100 valence electrons. The van der Waals surface area contributed by atoms with E-state index >= 15 is 0 Å². The summed E-state index contributed by atoms with van der Waals surface area (Å²) in [6.07, 6.45) is 1.65. The second-order valence-electron chi connectivity index (χ2n) is 4.83. The zero-order valence-electron chi connectivity index (χ0n) is 10.9. The molecular weight excluding hydrogens is 270 g/mol. The van der Waals surface area contributed by atoms with Crippen molar-refractivity contribution in [1.29, 1.82) is 0 Å². The van der Waals surface area contributed by atoms with Crippen LogP contribution in [0.2, 0.25) is 5.02 Å². The Bertz CT molecular complexity index is 807. The number of hydrogen-bond acceptors (Lipinski definition) is 1. The predicted octanol–water partition coefficient (Wildman–Crippen LogP) is 3.97. The number of hydrogen-bond donors (Lipinski definition) is 1. The molecule has 2 nitrogen and oxygen atoms in total. The highest BCUT2D eigenvalue weighted by Crippen LogP contribution is 2.13. The van der Waals surface area contributed by atoms with Crippen LogP contribution in [0.15, 0.2) is 59.4 Å². The fourth-order valence-electron chi connectivity index (χ4n) is 2.36. The summed E-state index contributed by atoms with van der Waals surface area (Å²) in [6.45, 7) is 0. The van der Waals surface area contributed by atoms with E-state index in [2.05, 4.69) is 4.98 Å². The molecule has 0 aliphatic heterocycles. The van der Waals surface area contributed by atoms with Crippen molar-refractivity contribution < 1.29 is 0 Å². The van der Waals surface area contributed by atoms with Crippen LogP contribution in [-0.2, 0) is 12.8 Å². The van der Waals surface area contributed by atoms with Crippen molar-refractivity contribution in [1.82, 2.24) is 4.98 Å². The molecule has 0 radical (unpaired) electrons. The van der Waals surface area contributed by atoms with E-state index in [0.29, 0.717) is 0 Å². The van der Waals surface area contributed by atoms with Crippen LogP contribution in [-0.4, -0.2) is 4.98 Å². The maximum Gasteiger partial charge on any atom is 0.189 e. The van der Waals surface area contributed by atoms with E-state index in [1.54, 1.807) is 6.07 Å². The van der Waals surface area contributed by atoms with Gasteiger partial charge in [-0.1, -0.05) is 35.9 Å². The fourth-order valence-corrected chi connectivity index (χ4v) is 2.57. The summed E-state index contributed by atoms with van der Waals surface area (Å²) < 4.78 is 0. The lowest BCUT2D eigenvalue weighted by atomic mass is 10.1. The van der Waals surface area contributed by atoms with Crippen LogP contribution in [0.4, 0.5) is 0 Å². The Balaban J connectivity index is 1.86. The van der Waals surface area contributed by atoms with Crippen LogP contribution < -0.4 is 5.43 Å². The Morgan fingerprint density at radius 1 is 0.950 bits per heavy atom. The van der Waals surface area contributed by atoms with E-state index in [0.717, 1.165) is 34.5 Å². The first-order valence-corrected chi connectivity index (χ1v) is 6.95. The maximum atomic E-state index is 12.0. The molecule has 0 spiro atoms. The molecule has 0 fully saturated rings. The van der Waals surface area contributed by atoms with Crippen LogP contribution in [0.25, 0.3) is 10.9 Å². The van der Waals surface area contributed by atoms with Gasteiger partial charge in [-0.2, -0.15) is 0 Å². The molecule has 0 saturated heterocycles. The van der Waals surface area contributed by atoms with Gasteiger partial charge in [0.25, 0.3) is 0 Å². The zero-order valence-corrected chi connectivity index (χ0v) is 11.7. The molecule has 3 rings (SSSR count). The number of aromatic nitrogens is 1. The molecule has 0 bridgehead atoms. The van der Waals surface area contributed by atoms with Crippen molar-refractivity contribution in [3.05, 3.63) is 81.1 Å². The summed E-state index contributed by atoms with van der Waals surface area (Å²) in [5.74, 6) is 0. The molecule has 0 aliphatic carbocycles. The Morgan fingerprint density at radius 2 is 1.80 bits per heavy atom. The molecule has 1 heterocycles. The van der Waals surface area contributed by atoms with Gasteiger partial charge in [-0.05, 0) is 42.7 Å². The molecule has 0 aliphatic rings. The number of pyridine rings is 1. The summed E-state index contributed by atoms with van der Waals surface area (Å²) in [5.41, 5.74) is 3.08. The van der Waals surface area contributed by atoms with Crippen molar-refractivity contribution in [2.45, 2.75) is 12.8 Å². The zero-order chi connectivity index (χ0) is 13.9. The fraction of sp³-hybridized carbons (Fsp3) is 0.118. The van der Waals surface area contributed by atoms with E-state index in [1.807, 2.05) is 48.5 Å². The highest BCUT2D eigenvalue weighted by molar-refractivity contribution is 6.30. The summed E-state index contributed by atoms with van der Waals surface area (Å²) in [5, 5.41) is 1.48. The minimum atomic E-state index is 0.0699. The number of fused-ring (bicyclic) bond motifs is 1. The van der Waals surface area contributed by atoms with E-state index in [4.69, 9.17) is 11.6 Å². The lowest BCUT2D eigenvalue weighted by molar-refractivity contribution is 0.920. The van der Waals surface area contributed by atoms with E-state index in [-0.39, 0.29) is 5.43 Å². The van der Waals surface area contributed by atoms with Gasteiger partial charge in [0.1, 0.15) is 0 Å². The third-order valence-electron chi connectivity index (χ3n) is 3.37. The van der Waals surface area contributed by atoms with Crippen LogP contribution in [0.3, 0.4) is 0 Å². The van der Waals surface area contributed by atoms with Gasteiger partial charge in [0.15, 0.2) is 5.43 Å². The normalized spacial score (nSPS) is 10.8. The van der Waals surface area contributed by atoms with Crippen LogP contribution in [0.1, 0.15) is 11.3 Å². The average Bonchev–Trinajstić information content (AvgIpc) is 2.45. The number of nitrogens with one attached hydrogen (secondary N) is 1. The number of H-pyrrole nitrogens is 1. The third-order valence-corrected chi connectivity index (χ3v) is 3.60. The van der Waals surface area contributed by atoms with Crippen molar-refractivity contribution in [2.75, 3.05) is 0 Å². The van der Waals surface area contributed by atoms with Gasteiger partial charge < -0.3 is 4.98 Å². The van der Waals surface area contributed by atoms with E-state index in [9.17, 15) is 4.79 Å². The number of aromatic amines is 1. The summed E-state index contributed by atoms with van der Waals surface area (Å²) >= 11 is 5.97. The first kappa shape index (κ1) is 12.9. The van der Waals surface area contributed by atoms with Crippen molar-refractivity contribution >= 4 is 22.5 Å². The number of halogens is 1. The van der Waals surface area contributed by atoms with Crippen LogP contribution >= 0.6 is 11.6 Å². The Labute approximate surface area is 122 Å². The monoisotopic (exact) mass is 283 g/mol. The first-order chi connectivity index (χ1) is 9.72. The van der Waals surface area contributed by atoms with Gasteiger partial charge in [0.05, 0.1) is 0 Å². The third kappa shape index (κ3) is 2.75. The van der Waals surface area contributed by atoms with Gasteiger partial charge in [0.2, 0.25) is 0 Å². The number of rotatable bonds is 3. The van der Waals surface area contributed by atoms with Gasteiger partial charge in [-0.25, -0.2) is 0 Å². The molecule has 1 aromatic heterocycles. The number of aryl methyl sites for hydroxylation is 2. The second-order valence-corrected chi connectivity index (χ2v) is 5.27. The largest absolute Gasteiger partial charge is 0.358 e. The average molecular weight is 284 g/mol. The molecular formula is C17H14ClNO. The van der Waals surface area contributed by atoms with E-state index < -0.39 is 0 Å². The Kier molecular flexibility index (Phi) is 3.57. The molecule has 3 heteroatoms. The predicted molar refractivity (Wildman–Crippen MR) is 83.4 cm³/mol.